The second kappa shape index (κ2) is 4.35. The van der Waals surface area contributed by atoms with Crippen molar-refractivity contribution in [3.63, 3.8) is 0 Å². The Morgan fingerprint density at radius 3 is 1.44 bits per heavy atom. The minimum Gasteiger partial charge on any atom is -0.264 e. The molecule has 0 radical (unpaired) electrons. The maximum atomic E-state index is 10.9. The van der Waals surface area contributed by atoms with Crippen LogP contribution in [-0.2, 0) is 0 Å². The van der Waals surface area contributed by atoms with Gasteiger partial charge in [-0.2, -0.15) is 0 Å². The summed E-state index contributed by atoms with van der Waals surface area (Å²) in [6, 6.07) is -1.08. The molecule has 0 unspecified atom stereocenters. The van der Waals surface area contributed by atoms with Crippen molar-refractivity contribution in [3.05, 3.63) is 20.2 Å². The Morgan fingerprint density at radius 1 is 0.750 bits per heavy atom. The Labute approximate surface area is 93.3 Å². The van der Waals surface area contributed by atoms with Crippen LogP contribution in [0.4, 0.5) is 0 Å². The fourth-order valence-corrected chi connectivity index (χ4v) is 3.46. The van der Waals surface area contributed by atoms with Gasteiger partial charge in [-0.3, -0.25) is 20.2 Å². The van der Waals surface area contributed by atoms with E-state index in [4.69, 9.17) is 0 Å². The molecule has 16 heavy (non-hydrogen) atoms. The second-order valence-electron chi connectivity index (χ2n) is 4.89. The lowest BCUT2D eigenvalue weighted by atomic mass is 9.66. The van der Waals surface area contributed by atoms with Gasteiger partial charge < -0.3 is 0 Å². The lowest BCUT2D eigenvalue weighted by Crippen LogP contribution is -2.47. The smallest absolute Gasteiger partial charge is 0.216 e. The van der Waals surface area contributed by atoms with E-state index in [1.807, 2.05) is 0 Å². The molecular weight excluding hydrogens is 212 g/mol. The highest BCUT2D eigenvalue weighted by atomic mass is 16.6. The maximum Gasteiger partial charge on any atom is 0.216 e. The number of fused-ring (bicyclic) bond motifs is 1. The van der Waals surface area contributed by atoms with Crippen LogP contribution in [-0.4, -0.2) is 21.9 Å². The minimum atomic E-state index is -0.540. The lowest BCUT2D eigenvalue weighted by molar-refractivity contribution is -0.564. The lowest BCUT2D eigenvalue weighted by Gasteiger charge is -2.37. The highest BCUT2D eigenvalue weighted by Gasteiger charge is 2.49. The summed E-state index contributed by atoms with van der Waals surface area (Å²) in [5, 5.41) is 21.8. The van der Waals surface area contributed by atoms with Gasteiger partial charge in [0.15, 0.2) is 0 Å². The van der Waals surface area contributed by atoms with Crippen LogP contribution in [0.25, 0.3) is 0 Å². The van der Waals surface area contributed by atoms with Crippen LogP contribution >= 0.6 is 0 Å². The van der Waals surface area contributed by atoms with E-state index in [0.717, 1.165) is 25.7 Å². The van der Waals surface area contributed by atoms with E-state index >= 15 is 0 Å². The number of hydrogen-bond acceptors (Lipinski definition) is 4. The third-order valence-electron chi connectivity index (χ3n) is 4.15. The first kappa shape index (κ1) is 11.3. The Bertz CT molecular complexity index is 277. The summed E-state index contributed by atoms with van der Waals surface area (Å²) in [5.74, 6) is -0.124. The van der Waals surface area contributed by atoms with Crippen LogP contribution < -0.4 is 0 Å². The van der Waals surface area contributed by atoms with Gasteiger partial charge in [0.05, 0.1) is 0 Å². The van der Waals surface area contributed by atoms with Gasteiger partial charge in [-0.1, -0.05) is 0 Å². The molecule has 6 heteroatoms. The van der Waals surface area contributed by atoms with Gasteiger partial charge in [0.2, 0.25) is 12.1 Å². The average Bonchev–Trinajstić information content (AvgIpc) is 2.27. The van der Waals surface area contributed by atoms with Gasteiger partial charge in [0.1, 0.15) is 0 Å². The summed E-state index contributed by atoms with van der Waals surface area (Å²) in [7, 11) is 0. The van der Waals surface area contributed by atoms with Crippen molar-refractivity contribution in [2.45, 2.75) is 50.6 Å². The van der Waals surface area contributed by atoms with Crippen LogP contribution in [0.3, 0.4) is 0 Å². The number of nitrogens with zero attached hydrogens (tertiary/aromatic N) is 2. The topological polar surface area (TPSA) is 86.3 Å². The van der Waals surface area contributed by atoms with E-state index in [2.05, 4.69) is 0 Å². The zero-order chi connectivity index (χ0) is 11.7. The molecule has 4 atom stereocenters. The monoisotopic (exact) mass is 228 g/mol. The van der Waals surface area contributed by atoms with Crippen molar-refractivity contribution in [1.29, 1.82) is 0 Å². The minimum absolute atomic E-state index is 0.0621. The van der Waals surface area contributed by atoms with Crippen LogP contribution in [0.2, 0.25) is 0 Å². The SMILES string of the molecule is O=[N+]([O-])[C@@H]1CCC[C@H]2[C@H]1CCC[C@@H]2[N+](=O)[O-]. The van der Waals surface area contributed by atoms with Gasteiger partial charge in [0.25, 0.3) is 0 Å². The molecule has 0 heterocycles. The molecule has 2 saturated carbocycles. The zero-order valence-electron chi connectivity index (χ0n) is 9.08. The fourth-order valence-electron chi connectivity index (χ4n) is 3.46. The van der Waals surface area contributed by atoms with Crippen molar-refractivity contribution in [2.24, 2.45) is 11.8 Å². The molecule has 2 fully saturated rings. The quantitative estimate of drug-likeness (QED) is 0.533. The molecule has 0 aromatic carbocycles. The fraction of sp³-hybridized carbons (Fsp3) is 1.00. The highest BCUT2D eigenvalue weighted by molar-refractivity contribution is 4.90. The molecular formula is C10H16N2O4. The van der Waals surface area contributed by atoms with Crippen molar-refractivity contribution < 1.29 is 9.85 Å². The van der Waals surface area contributed by atoms with Gasteiger partial charge in [0, 0.05) is 34.5 Å². The molecule has 0 aromatic heterocycles. The summed E-state index contributed by atoms with van der Waals surface area (Å²) in [5.41, 5.74) is 0. The van der Waals surface area contributed by atoms with Gasteiger partial charge in [-0.25, -0.2) is 0 Å². The predicted molar refractivity (Wildman–Crippen MR) is 56.2 cm³/mol. The molecule has 6 nitrogen and oxygen atoms in total. The molecule has 0 bridgehead atoms. The first-order chi connectivity index (χ1) is 7.61. The molecule has 2 aliphatic rings. The van der Waals surface area contributed by atoms with Crippen molar-refractivity contribution in [2.75, 3.05) is 0 Å². The Balaban J connectivity index is 2.17. The summed E-state index contributed by atoms with van der Waals surface area (Å²) >= 11 is 0. The molecule has 0 N–H and O–H groups in total. The van der Waals surface area contributed by atoms with E-state index in [0.29, 0.717) is 12.8 Å². The number of nitro groups is 2. The van der Waals surface area contributed by atoms with Gasteiger partial charge in [-0.15, -0.1) is 0 Å². The van der Waals surface area contributed by atoms with Crippen LogP contribution in [0.5, 0.6) is 0 Å². The molecule has 0 saturated heterocycles. The first-order valence-corrected chi connectivity index (χ1v) is 5.88. The second-order valence-corrected chi connectivity index (χ2v) is 4.89. The van der Waals surface area contributed by atoms with E-state index in [1.165, 1.54) is 0 Å². The van der Waals surface area contributed by atoms with Gasteiger partial charge >= 0.3 is 0 Å². The van der Waals surface area contributed by atoms with Crippen molar-refractivity contribution in [1.82, 2.24) is 0 Å². The molecule has 0 aromatic rings. The standard InChI is InChI=1S/C10H16N2O4/c13-11(14)9-5-1-3-7-8(9)4-2-6-10(7)12(15)16/h7-10H,1-6H2/t7-,8+,9+,10-. The van der Waals surface area contributed by atoms with Crippen molar-refractivity contribution in [3.8, 4) is 0 Å². The summed E-state index contributed by atoms with van der Waals surface area (Å²) < 4.78 is 0. The zero-order valence-corrected chi connectivity index (χ0v) is 9.08. The van der Waals surface area contributed by atoms with Crippen LogP contribution in [0.15, 0.2) is 0 Å². The number of rotatable bonds is 2. The van der Waals surface area contributed by atoms with E-state index in [9.17, 15) is 20.2 Å². The van der Waals surface area contributed by atoms with Gasteiger partial charge in [-0.05, 0) is 25.7 Å². The molecule has 0 spiro atoms. The maximum absolute atomic E-state index is 10.9. The normalized spacial score (nSPS) is 38.8. The largest absolute Gasteiger partial charge is 0.264 e. The Morgan fingerprint density at radius 2 is 1.12 bits per heavy atom. The molecule has 90 valence electrons. The van der Waals surface area contributed by atoms with Crippen LogP contribution in [0, 0.1) is 32.1 Å². The highest BCUT2D eigenvalue weighted by Crippen LogP contribution is 2.42. The molecule has 0 aliphatic heterocycles. The first-order valence-electron chi connectivity index (χ1n) is 5.88. The van der Waals surface area contributed by atoms with E-state index in [1.54, 1.807) is 0 Å². The van der Waals surface area contributed by atoms with Crippen LogP contribution in [0.1, 0.15) is 38.5 Å². The summed E-state index contributed by atoms with van der Waals surface area (Å²) in [4.78, 5) is 21.4. The van der Waals surface area contributed by atoms with E-state index in [-0.39, 0.29) is 21.7 Å². The van der Waals surface area contributed by atoms with E-state index < -0.39 is 12.1 Å². The summed E-state index contributed by atoms with van der Waals surface area (Å²) in [6.45, 7) is 0. The molecule has 2 aliphatic carbocycles. The average molecular weight is 228 g/mol. The molecule has 2 rings (SSSR count). The summed E-state index contributed by atoms with van der Waals surface area (Å²) in [6.07, 6.45) is 4.30. The Hall–Kier alpha value is -1.20. The third kappa shape index (κ3) is 1.88. The third-order valence-corrected chi connectivity index (χ3v) is 4.15. The Kier molecular flexibility index (Phi) is 3.07. The molecule has 0 amide bonds. The van der Waals surface area contributed by atoms with Crippen molar-refractivity contribution >= 4 is 0 Å². The number of hydrogen-bond donors (Lipinski definition) is 0. The predicted octanol–water partition coefficient (Wildman–Crippen LogP) is 1.88.